The molecule has 6 rings (SSSR count). The smallest absolute Gasteiger partial charge is 0.338 e. The van der Waals surface area contributed by atoms with E-state index in [1.54, 1.807) is 42.6 Å². The lowest BCUT2D eigenvalue weighted by Crippen LogP contribution is -2.09. The van der Waals surface area contributed by atoms with Gasteiger partial charge < -0.3 is 32.4 Å². The third-order valence-electron chi connectivity index (χ3n) is 6.97. The molecule has 1 aromatic heterocycles. The Hall–Kier alpha value is -6.09. The predicted octanol–water partition coefficient (Wildman–Crippen LogP) is 6.16. The van der Waals surface area contributed by atoms with E-state index in [0.29, 0.717) is 40.3 Å². The van der Waals surface area contributed by atoms with Gasteiger partial charge in [0.05, 0.1) is 17.7 Å². The minimum atomic E-state index is -0.444. The second-order valence-corrected chi connectivity index (χ2v) is 10.4. The van der Waals surface area contributed by atoms with E-state index in [4.69, 9.17) is 32.4 Å². The topological polar surface area (TPSA) is 170 Å². The zero-order valence-corrected chi connectivity index (χ0v) is 24.5. The fraction of sp³-hybridized carbons (Fsp3) is 0.0833. The molecule has 0 amide bonds. The molecule has 0 aliphatic carbocycles. The van der Waals surface area contributed by atoms with Gasteiger partial charge in [0.2, 0.25) is 0 Å². The van der Waals surface area contributed by atoms with Crippen molar-refractivity contribution in [2.24, 2.45) is 0 Å². The van der Waals surface area contributed by atoms with Crippen molar-refractivity contribution in [1.29, 1.82) is 0 Å². The molecule has 1 heterocycles. The lowest BCUT2D eigenvalue weighted by Gasteiger charge is -2.12. The van der Waals surface area contributed by atoms with E-state index in [2.05, 4.69) is 23.2 Å². The zero-order valence-electron chi connectivity index (χ0n) is 24.5. The highest BCUT2D eigenvalue weighted by atomic mass is 16.5. The van der Waals surface area contributed by atoms with Crippen LogP contribution < -0.4 is 22.9 Å². The number of nitrogens with two attached hydrogens (primary N) is 4. The van der Waals surface area contributed by atoms with E-state index < -0.39 is 11.9 Å². The van der Waals surface area contributed by atoms with E-state index in [0.717, 1.165) is 32.8 Å². The van der Waals surface area contributed by atoms with Gasteiger partial charge in [-0.2, -0.15) is 0 Å². The molecule has 0 saturated heterocycles. The number of nitrogen functional groups attached to an aromatic ring is 4. The first-order valence-electron chi connectivity index (χ1n) is 14.2. The van der Waals surface area contributed by atoms with Gasteiger partial charge >= 0.3 is 11.9 Å². The number of esters is 2. The van der Waals surface area contributed by atoms with Crippen molar-refractivity contribution in [2.75, 3.05) is 29.5 Å². The van der Waals surface area contributed by atoms with Crippen molar-refractivity contribution in [3.8, 4) is 0 Å². The van der Waals surface area contributed by atoms with Gasteiger partial charge in [0.1, 0.15) is 6.61 Å². The number of pyridine rings is 1. The maximum absolute atomic E-state index is 12.5. The third kappa shape index (κ3) is 7.85. The maximum atomic E-state index is 12.5. The minimum Gasteiger partial charge on any atom is -0.462 e. The van der Waals surface area contributed by atoms with Crippen LogP contribution >= 0.6 is 0 Å². The molecule has 45 heavy (non-hydrogen) atoms. The molecule has 0 unspecified atom stereocenters. The highest BCUT2D eigenvalue weighted by Gasteiger charge is 2.13. The first kappa shape index (κ1) is 30.4. The van der Waals surface area contributed by atoms with Gasteiger partial charge in [0.25, 0.3) is 0 Å². The Morgan fingerprint density at radius 1 is 0.578 bits per heavy atom. The zero-order chi connectivity index (χ0) is 31.8. The number of nitrogens with zero attached hydrogens (tertiary/aromatic N) is 1. The third-order valence-corrected chi connectivity index (χ3v) is 6.97. The number of ether oxygens (including phenoxy) is 2. The van der Waals surface area contributed by atoms with Crippen LogP contribution in [0.3, 0.4) is 0 Å². The normalized spacial score (nSPS) is 10.6. The van der Waals surface area contributed by atoms with Crippen LogP contribution in [0.15, 0.2) is 115 Å². The second-order valence-electron chi connectivity index (χ2n) is 10.4. The van der Waals surface area contributed by atoms with Gasteiger partial charge in [-0.15, -0.1) is 0 Å². The summed E-state index contributed by atoms with van der Waals surface area (Å²) in [5, 5.41) is 4.38. The average molecular weight is 600 g/mol. The Labute approximate surface area is 260 Å². The van der Waals surface area contributed by atoms with Gasteiger partial charge in [0.15, 0.2) is 0 Å². The maximum Gasteiger partial charge on any atom is 0.338 e. The predicted molar refractivity (Wildman–Crippen MR) is 179 cm³/mol. The molecule has 0 aliphatic rings. The van der Waals surface area contributed by atoms with Crippen LogP contribution in [0.2, 0.25) is 0 Å². The molecule has 0 radical (unpaired) electrons. The van der Waals surface area contributed by atoms with E-state index in [-0.39, 0.29) is 13.2 Å². The molecule has 9 heteroatoms. The monoisotopic (exact) mass is 599 g/mol. The summed E-state index contributed by atoms with van der Waals surface area (Å²) < 4.78 is 10.7. The van der Waals surface area contributed by atoms with Crippen molar-refractivity contribution in [3.63, 3.8) is 0 Å². The van der Waals surface area contributed by atoms with E-state index >= 15 is 0 Å². The largest absolute Gasteiger partial charge is 0.462 e. The molecule has 0 fully saturated rings. The highest BCUT2D eigenvalue weighted by molar-refractivity contribution is 6.02. The van der Waals surface area contributed by atoms with Crippen LogP contribution in [0.4, 0.5) is 22.7 Å². The minimum absolute atomic E-state index is 0.176. The van der Waals surface area contributed by atoms with Crippen LogP contribution in [0, 0.1) is 0 Å². The number of anilines is 4. The number of hydrogen-bond donors (Lipinski definition) is 4. The van der Waals surface area contributed by atoms with Crippen molar-refractivity contribution >= 4 is 56.2 Å². The summed E-state index contributed by atoms with van der Waals surface area (Å²) >= 11 is 0. The number of hydrogen-bond acceptors (Lipinski definition) is 9. The van der Waals surface area contributed by atoms with Crippen LogP contribution in [0.1, 0.15) is 32.0 Å². The number of benzene rings is 5. The van der Waals surface area contributed by atoms with Gasteiger partial charge in [0, 0.05) is 46.6 Å². The van der Waals surface area contributed by atoms with Crippen LogP contribution in [0.5, 0.6) is 0 Å². The van der Waals surface area contributed by atoms with Crippen molar-refractivity contribution in [3.05, 3.63) is 138 Å². The van der Waals surface area contributed by atoms with E-state index in [1.807, 2.05) is 54.6 Å². The summed E-state index contributed by atoms with van der Waals surface area (Å²) in [6, 6.07) is 33.4. The first-order chi connectivity index (χ1) is 21.8. The molecule has 0 bridgehead atoms. The highest BCUT2D eigenvalue weighted by Crippen LogP contribution is 2.29. The molecule has 0 atom stereocenters. The van der Waals surface area contributed by atoms with E-state index in [1.165, 1.54) is 0 Å². The molecule has 0 saturated carbocycles. The summed E-state index contributed by atoms with van der Waals surface area (Å²) in [7, 11) is 0. The van der Waals surface area contributed by atoms with Crippen molar-refractivity contribution in [2.45, 2.75) is 13.0 Å². The Balaban J connectivity index is 0.000000187. The molecule has 5 aromatic carbocycles. The molecule has 226 valence electrons. The molecular weight excluding hydrogens is 566 g/mol. The summed E-state index contributed by atoms with van der Waals surface area (Å²) in [6.07, 6.45) is 2.28. The lowest BCUT2D eigenvalue weighted by atomic mass is 9.97. The van der Waals surface area contributed by atoms with Gasteiger partial charge in [-0.05, 0) is 76.1 Å². The number of carbonyl (C=O) groups is 2. The SMILES string of the molecule is Nc1cc(N)cc(C(=O)OCCc2ccccn2)c1.Nc1cc(N)cc(C(=O)OCc2c3ccccc3cc3ccccc23)c1. The number of rotatable bonds is 7. The Morgan fingerprint density at radius 3 is 1.58 bits per heavy atom. The van der Waals surface area contributed by atoms with Crippen molar-refractivity contribution < 1.29 is 19.1 Å². The molecule has 0 aliphatic heterocycles. The fourth-order valence-corrected chi connectivity index (χ4v) is 4.95. The molecule has 0 spiro atoms. The van der Waals surface area contributed by atoms with Gasteiger partial charge in [-0.3, -0.25) is 4.98 Å². The molecule has 9 nitrogen and oxygen atoms in total. The molecule has 8 N–H and O–H groups in total. The number of aromatic nitrogens is 1. The number of carbonyl (C=O) groups excluding carboxylic acids is 2. The van der Waals surface area contributed by atoms with E-state index in [9.17, 15) is 9.59 Å². The number of fused-ring (bicyclic) bond motifs is 2. The molecular formula is C36H33N5O4. The first-order valence-corrected chi connectivity index (χ1v) is 14.2. The Kier molecular flexibility index (Phi) is 9.40. The average Bonchev–Trinajstić information content (AvgIpc) is 3.03. The summed E-state index contributed by atoms with van der Waals surface area (Å²) in [5.41, 5.74) is 27.1. The van der Waals surface area contributed by atoms with Gasteiger partial charge in [-0.1, -0.05) is 54.6 Å². The quantitative estimate of drug-likeness (QED) is 0.0953. The lowest BCUT2D eigenvalue weighted by molar-refractivity contribution is 0.0473. The Morgan fingerprint density at radius 2 is 1.07 bits per heavy atom. The van der Waals surface area contributed by atoms with Gasteiger partial charge in [-0.25, -0.2) is 9.59 Å². The summed E-state index contributed by atoms with van der Waals surface area (Å²) in [6.45, 7) is 0.444. The standard InChI is InChI=1S/C22H18N2O2.C14H15N3O2/c23-17-10-16(11-18(24)12-17)22(25)26-13-21-19-7-3-1-5-14(19)9-15-6-2-4-8-20(15)21;15-11-7-10(8-12(16)9-11)14(18)19-6-4-13-3-1-2-5-17-13/h1-12H,13,23-24H2;1-3,5,7-9H,4,6,15-16H2. The summed E-state index contributed by atoms with van der Waals surface area (Å²) in [5.74, 6) is -0.879. The summed E-state index contributed by atoms with van der Waals surface area (Å²) in [4.78, 5) is 28.4. The van der Waals surface area contributed by atoms with Crippen LogP contribution in [-0.4, -0.2) is 23.5 Å². The van der Waals surface area contributed by atoms with Crippen molar-refractivity contribution in [1.82, 2.24) is 4.98 Å². The van der Waals surface area contributed by atoms with Crippen LogP contribution in [0.25, 0.3) is 21.5 Å². The second kappa shape index (κ2) is 13.9. The molecule has 6 aromatic rings. The fourth-order valence-electron chi connectivity index (χ4n) is 4.95. The van der Waals surface area contributed by atoms with Crippen LogP contribution in [-0.2, 0) is 22.5 Å². The Bertz CT molecular complexity index is 1880.